The Kier molecular flexibility index (Phi) is 5.96. The minimum absolute atomic E-state index is 0.112. The van der Waals surface area contributed by atoms with E-state index in [2.05, 4.69) is 10.3 Å². The third kappa shape index (κ3) is 3.94. The number of carbonyl (C=O) groups excluding carboxylic acids is 1. The lowest BCUT2D eigenvalue weighted by Gasteiger charge is -2.21. The zero-order valence-corrected chi connectivity index (χ0v) is 16.8. The molecule has 0 aliphatic heterocycles. The zero-order chi connectivity index (χ0) is 22.1. The number of amides is 1. The van der Waals surface area contributed by atoms with Gasteiger partial charge in [0.2, 0.25) is 0 Å². The standard InChI is InChI=1S/C22H21F4N3O/c1-4-29(5-2)21(30)15-12-27-20(14-9-6-8-13(3)18(14)15)28-17-11-7-10-16(23)19(17)22(24,25)26/h6-12H,4-5H2,1-3H3,(H,27,28). The van der Waals surface area contributed by atoms with E-state index in [-0.39, 0.29) is 11.7 Å². The van der Waals surface area contributed by atoms with Gasteiger partial charge in [-0.1, -0.05) is 24.3 Å². The molecule has 0 radical (unpaired) electrons. The first kappa shape index (κ1) is 21.5. The molecular formula is C22H21F4N3O. The lowest BCUT2D eigenvalue weighted by molar-refractivity contribution is -0.139. The van der Waals surface area contributed by atoms with Crippen LogP contribution in [0, 0.1) is 12.7 Å². The molecule has 8 heteroatoms. The van der Waals surface area contributed by atoms with Gasteiger partial charge in [-0.25, -0.2) is 9.37 Å². The highest BCUT2D eigenvalue weighted by Gasteiger charge is 2.37. The molecule has 0 aliphatic rings. The maximum atomic E-state index is 13.9. The van der Waals surface area contributed by atoms with Gasteiger partial charge in [0.25, 0.3) is 5.91 Å². The smallest absolute Gasteiger partial charge is 0.339 e. The van der Waals surface area contributed by atoms with Crippen LogP contribution in [-0.4, -0.2) is 28.9 Å². The number of carbonyl (C=O) groups is 1. The van der Waals surface area contributed by atoms with E-state index < -0.39 is 23.2 Å². The molecule has 0 bridgehead atoms. The number of aryl methyl sites for hydroxylation is 1. The Morgan fingerprint density at radius 3 is 2.40 bits per heavy atom. The van der Waals surface area contributed by atoms with Crippen LogP contribution in [0.25, 0.3) is 10.8 Å². The highest BCUT2D eigenvalue weighted by molar-refractivity contribution is 6.10. The average molecular weight is 419 g/mol. The van der Waals surface area contributed by atoms with Crippen molar-refractivity contribution in [3.05, 3.63) is 65.1 Å². The van der Waals surface area contributed by atoms with Crippen LogP contribution < -0.4 is 5.32 Å². The second kappa shape index (κ2) is 8.30. The van der Waals surface area contributed by atoms with E-state index in [0.29, 0.717) is 29.4 Å². The number of halogens is 4. The van der Waals surface area contributed by atoms with Crippen LogP contribution >= 0.6 is 0 Å². The van der Waals surface area contributed by atoms with Gasteiger partial charge in [-0.15, -0.1) is 0 Å². The first-order chi connectivity index (χ1) is 14.2. The molecule has 0 fully saturated rings. The third-order valence-corrected chi connectivity index (χ3v) is 4.95. The van der Waals surface area contributed by atoms with E-state index in [1.165, 1.54) is 12.3 Å². The summed E-state index contributed by atoms with van der Waals surface area (Å²) in [5, 5.41) is 3.69. The van der Waals surface area contributed by atoms with Gasteiger partial charge >= 0.3 is 6.18 Å². The Labute approximate surface area is 171 Å². The van der Waals surface area contributed by atoms with Gasteiger partial charge < -0.3 is 10.2 Å². The molecule has 0 aliphatic carbocycles. The van der Waals surface area contributed by atoms with Crippen molar-refractivity contribution in [2.45, 2.75) is 26.9 Å². The number of hydrogen-bond donors (Lipinski definition) is 1. The Morgan fingerprint density at radius 2 is 1.77 bits per heavy atom. The molecule has 0 spiro atoms. The van der Waals surface area contributed by atoms with Gasteiger partial charge in [-0.2, -0.15) is 13.2 Å². The van der Waals surface area contributed by atoms with Crippen molar-refractivity contribution in [3.63, 3.8) is 0 Å². The summed E-state index contributed by atoms with van der Waals surface area (Å²) in [4.78, 5) is 18.8. The second-order valence-electron chi connectivity index (χ2n) is 6.78. The fourth-order valence-corrected chi connectivity index (χ4v) is 3.47. The number of anilines is 2. The summed E-state index contributed by atoms with van der Waals surface area (Å²) in [6.45, 7) is 6.57. The predicted molar refractivity (Wildman–Crippen MR) is 108 cm³/mol. The highest BCUT2D eigenvalue weighted by atomic mass is 19.4. The van der Waals surface area contributed by atoms with E-state index in [0.717, 1.165) is 17.7 Å². The molecule has 0 atom stereocenters. The SMILES string of the molecule is CCN(CC)C(=O)c1cnc(Nc2cccc(F)c2C(F)(F)F)c2cccc(C)c12. The molecule has 0 unspecified atom stereocenters. The number of nitrogens with zero attached hydrogens (tertiary/aromatic N) is 2. The van der Waals surface area contributed by atoms with Crippen LogP contribution in [0.2, 0.25) is 0 Å². The summed E-state index contributed by atoms with van der Waals surface area (Å²) in [5.41, 5.74) is -0.687. The minimum atomic E-state index is -4.88. The number of nitrogens with one attached hydrogen (secondary N) is 1. The highest BCUT2D eigenvalue weighted by Crippen LogP contribution is 2.39. The monoisotopic (exact) mass is 419 g/mol. The van der Waals surface area contributed by atoms with Gasteiger partial charge in [0, 0.05) is 30.1 Å². The minimum Gasteiger partial charge on any atom is -0.339 e. The van der Waals surface area contributed by atoms with Crippen LogP contribution in [0.5, 0.6) is 0 Å². The van der Waals surface area contributed by atoms with E-state index in [4.69, 9.17) is 0 Å². The summed E-state index contributed by atoms with van der Waals surface area (Å²) in [7, 11) is 0. The molecule has 1 heterocycles. The number of hydrogen-bond acceptors (Lipinski definition) is 3. The first-order valence-corrected chi connectivity index (χ1v) is 9.49. The number of aromatic nitrogens is 1. The zero-order valence-electron chi connectivity index (χ0n) is 16.8. The molecule has 1 amide bonds. The van der Waals surface area contributed by atoms with Gasteiger partial charge in [-0.05, 0) is 38.5 Å². The molecule has 3 rings (SSSR count). The molecule has 0 saturated heterocycles. The molecule has 2 aromatic carbocycles. The van der Waals surface area contributed by atoms with Crippen LogP contribution in [0.15, 0.2) is 42.6 Å². The van der Waals surface area contributed by atoms with Crippen molar-refractivity contribution in [3.8, 4) is 0 Å². The summed E-state index contributed by atoms with van der Waals surface area (Å²) in [6.07, 6.45) is -3.52. The third-order valence-electron chi connectivity index (χ3n) is 4.95. The Balaban J connectivity index is 2.18. The van der Waals surface area contributed by atoms with Crippen molar-refractivity contribution < 1.29 is 22.4 Å². The first-order valence-electron chi connectivity index (χ1n) is 9.49. The fourth-order valence-electron chi connectivity index (χ4n) is 3.47. The van der Waals surface area contributed by atoms with E-state index in [1.54, 1.807) is 17.0 Å². The average Bonchev–Trinajstić information content (AvgIpc) is 2.68. The number of pyridine rings is 1. The predicted octanol–water partition coefficient (Wildman–Crippen LogP) is 5.93. The molecule has 0 saturated carbocycles. The van der Waals surface area contributed by atoms with Gasteiger partial charge in [0.1, 0.15) is 17.2 Å². The number of fused-ring (bicyclic) bond motifs is 1. The van der Waals surface area contributed by atoms with Gasteiger partial charge in [0.15, 0.2) is 0 Å². The summed E-state index contributed by atoms with van der Waals surface area (Å²) < 4.78 is 54.1. The van der Waals surface area contributed by atoms with E-state index in [9.17, 15) is 22.4 Å². The van der Waals surface area contributed by atoms with Crippen molar-refractivity contribution in [2.24, 2.45) is 0 Å². The van der Waals surface area contributed by atoms with Crippen molar-refractivity contribution in [1.82, 2.24) is 9.88 Å². The quantitative estimate of drug-likeness (QED) is 0.522. The van der Waals surface area contributed by atoms with Gasteiger partial charge in [-0.3, -0.25) is 4.79 Å². The lowest BCUT2D eigenvalue weighted by atomic mass is 10.0. The Bertz CT molecular complexity index is 1090. The normalized spacial score (nSPS) is 11.6. The second-order valence-corrected chi connectivity index (χ2v) is 6.78. The van der Waals surface area contributed by atoms with Crippen LogP contribution in [0.4, 0.5) is 29.1 Å². The maximum absolute atomic E-state index is 13.9. The lowest BCUT2D eigenvalue weighted by Crippen LogP contribution is -2.30. The summed E-state index contributed by atoms with van der Waals surface area (Å²) >= 11 is 0. The number of benzene rings is 2. The number of alkyl halides is 3. The van der Waals surface area contributed by atoms with Crippen LogP contribution in [0.1, 0.15) is 35.3 Å². The molecular weight excluding hydrogens is 398 g/mol. The van der Waals surface area contributed by atoms with Crippen LogP contribution in [0.3, 0.4) is 0 Å². The van der Waals surface area contributed by atoms with Crippen LogP contribution in [-0.2, 0) is 6.18 Å². The van der Waals surface area contributed by atoms with Crippen molar-refractivity contribution >= 4 is 28.2 Å². The largest absolute Gasteiger partial charge is 0.421 e. The van der Waals surface area contributed by atoms with Crippen molar-refractivity contribution in [1.29, 1.82) is 0 Å². The molecule has 158 valence electrons. The molecule has 4 nitrogen and oxygen atoms in total. The van der Waals surface area contributed by atoms with E-state index in [1.807, 2.05) is 26.8 Å². The van der Waals surface area contributed by atoms with E-state index >= 15 is 0 Å². The fraction of sp³-hybridized carbons (Fsp3) is 0.273. The number of rotatable bonds is 5. The maximum Gasteiger partial charge on any atom is 0.421 e. The molecule has 1 N–H and O–H groups in total. The Hall–Kier alpha value is -3.16. The Morgan fingerprint density at radius 1 is 1.10 bits per heavy atom. The molecule has 1 aromatic heterocycles. The molecule has 30 heavy (non-hydrogen) atoms. The van der Waals surface area contributed by atoms with Gasteiger partial charge in [0.05, 0.1) is 11.3 Å². The topological polar surface area (TPSA) is 45.2 Å². The summed E-state index contributed by atoms with van der Waals surface area (Å²) in [5.74, 6) is -1.47. The van der Waals surface area contributed by atoms with Crippen molar-refractivity contribution in [2.75, 3.05) is 18.4 Å². The summed E-state index contributed by atoms with van der Waals surface area (Å²) in [6, 6.07) is 8.31. The molecule has 3 aromatic rings.